The molecule has 0 aliphatic heterocycles. The zero-order chi connectivity index (χ0) is 12.7. The van der Waals surface area contributed by atoms with Crippen LogP contribution in [0.25, 0.3) is 0 Å². The number of anilines is 1. The molecule has 0 aliphatic carbocycles. The highest BCUT2D eigenvalue weighted by Gasteiger charge is 2.06. The number of hydrogen-bond donors (Lipinski definition) is 0. The van der Waals surface area contributed by atoms with Crippen molar-refractivity contribution in [1.29, 1.82) is 10.5 Å². The molecule has 0 saturated carbocycles. The lowest BCUT2D eigenvalue weighted by molar-refractivity contribution is 0.796. The lowest BCUT2D eigenvalue weighted by Gasteiger charge is -2.23. The molecule has 0 aliphatic rings. The summed E-state index contributed by atoms with van der Waals surface area (Å²) in [5.41, 5.74) is 3.59. The molecule has 0 saturated heterocycles. The van der Waals surface area contributed by atoms with E-state index in [1.54, 1.807) is 0 Å². The third kappa shape index (κ3) is 3.81. The fourth-order valence-corrected chi connectivity index (χ4v) is 1.66. The van der Waals surface area contributed by atoms with Gasteiger partial charge in [0, 0.05) is 18.8 Å². The lowest BCUT2D eigenvalue weighted by atomic mass is 10.1. The normalized spacial score (nSPS) is 9.41. The van der Waals surface area contributed by atoms with Crippen molar-refractivity contribution in [3.8, 4) is 12.1 Å². The number of nitriles is 2. The van der Waals surface area contributed by atoms with Crippen LogP contribution in [0.2, 0.25) is 0 Å². The molecule has 1 aromatic rings. The van der Waals surface area contributed by atoms with Crippen molar-refractivity contribution in [3.63, 3.8) is 0 Å². The van der Waals surface area contributed by atoms with E-state index in [1.807, 2.05) is 0 Å². The minimum Gasteiger partial charge on any atom is -0.369 e. The summed E-state index contributed by atoms with van der Waals surface area (Å²) < 4.78 is 0. The standard InChI is InChI=1S/C14H17N3/c1-12-5-6-14(11-13(12)2)17(9-3-7-15)10-4-8-16/h5-6,11H,3-4,9-10H2,1-2H3. The summed E-state index contributed by atoms with van der Waals surface area (Å²) in [6.45, 7) is 5.51. The van der Waals surface area contributed by atoms with E-state index in [0.29, 0.717) is 25.9 Å². The quantitative estimate of drug-likeness (QED) is 0.777. The van der Waals surface area contributed by atoms with Crippen LogP contribution >= 0.6 is 0 Å². The largest absolute Gasteiger partial charge is 0.369 e. The Balaban J connectivity index is 2.84. The maximum Gasteiger partial charge on any atom is 0.0640 e. The molecule has 0 radical (unpaired) electrons. The fraction of sp³-hybridized carbons (Fsp3) is 0.429. The first kappa shape index (κ1) is 13.1. The molecule has 0 N–H and O–H groups in total. The van der Waals surface area contributed by atoms with Gasteiger partial charge in [-0.1, -0.05) is 6.07 Å². The molecule has 88 valence electrons. The second kappa shape index (κ2) is 6.55. The first-order chi connectivity index (χ1) is 8.19. The van der Waals surface area contributed by atoms with Crippen LogP contribution < -0.4 is 4.90 Å². The van der Waals surface area contributed by atoms with E-state index in [1.165, 1.54) is 11.1 Å². The molecule has 0 bridgehead atoms. The Labute approximate surface area is 103 Å². The van der Waals surface area contributed by atoms with E-state index in [9.17, 15) is 0 Å². The Kier molecular flexibility index (Phi) is 5.04. The van der Waals surface area contributed by atoms with E-state index in [-0.39, 0.29) is 0 Å². The summed E-state index contributed by atoms with van der Waals surface area (Å²) >= 11 is 0. The molecule has 0 unspecified atom stereocenters. The molecule has 0 heterocycles. The van der Waals surface area contributed by atoms with Gasteiger partial charge >= 0.3 is 0 Å². The van der Waals surface area contributed by atoms with Crippen LogP contribution in [0.5, 0.6) is 0 Å². The average molecular weight is 227 g/mol. The van der Waals surface area contributed by atoms with E-state index >= 15 is 0 Å². The third-order valence-electron chi connectivity index (χ3n) is 2.84. The fourth-order valence-electron chi connectivity index (χ4n) is 1.66. The summed E-state index contributed by atoms with van der Waals surface area (Å²) in [6.07, 6.45) is 0.969. The molecule has 1 rings (SSSR count). The van der Waals surface area contributed by atoms with E-state index in [4.69, 9.17) is 10.5 Å². The highest BCUT2D eigenvalue weighted by molar-refractivity contribution is 5.50. The summed E-state index contributed by atoms with van der Waals surface area (Å²) in [5.74, 6) is 0. The van der Waals surface area contributed by atoms with E-state index < -0.39 is 0 Å². The van der Waals surface area contributed by atoms with Gasteiger partial charge in [0.2, 0.25) is 0 Å². The number of benzene rings is 1. The lowest BCUT2D eigenvalue weighted by Crippen LogP contribution is -2.25. The molecule has 0 amide bonds. The molecule has 0 fully saturated rings. The molecular weight excluding hydrogens is 210 g/mol. The highest BCUT2D eigenvalue weighted by Crippen LogP contribution is 2.19. The van der Waals surface area contributed by atoms with Gasteiger partial charge in [-0.25, -0.2) is 0 Å². The van der Waals surface area contributed by atoms with Crippen LogP contribution in [0, 0.1) is 36.5 Å². The van der Waals surface area contributed by atoms with Crippen molar-refractivity contribution in [3.05, 3.63) is 29.3 Å². The zero-order valence-electron chi connectivity index (χ0n) is 10.4. The van der Waals surface area contributed by atoms with Gasteiger partial charge in [-0.05, 0) is 37.1 Å². The van der Waals surface area contributed by atoms with Gasteiger partial charge in [-0.3, -0.25) is 0 Å². The maximum atomic E-state index is 8.64. The molecule has 17 heavy (non-hydrogen) atoms. The predicted octanol–water partition coefficient (Wildman–Crippen LogP) is 2.94. The molecule has 1 aromatic carbocycles. The van der Waals surface area contributed by atoms with Gasteiger partial charge in [0.15, 0.2) is 0 Å². The van der Waals surface area contributed by atoms with Crippen molar-refractivity contribution >= 4 is 5.69 Å². The molecule has 0 atom stereocenters. The zero-order valence-corrected chi connectivity index (χ0v) is 10.4. The second-order valence-corrected chi connectivity index (χ2v) is 4.07. The SMILES string of the molecule is Cc1ccc(N(CCC#N)CCC#N)cc1C. The Bertz CT molecular complexity index is 434. The van der Waals surface area contributed by atoms with Crippen molar-refractivity contribution in [1.82, 2.24) is 0 Å². The smallest absolute Gasteiger partial charge is 0.0640 e. The number of hydrogen-bond acceptors (Lipinski definition) is 3. The predicted molar refractivity (Wildman–Crippen MR) is 68.6 cm³/mol. The topological polar surface area (TPSA) is 50.8 Å². The monoisotopic (exact) mass is 227 g/mol. The summed E-state index contributed by atoms with van der Waals surface area (Å²) in [4.78, 5) is 2.10. The number of rotatable bonds is 5. The van der Waals surface area contributed by atoms with Gasteiger partial charge in [0.05, 0.1) is 25.0 Å². The summed E-state index contributed by atoms with van der Waals surface area (Å²) in [6, 6.07) is 10.5. The van der Waals surface area contributed by atoms with Crippen LogP contribution in [-0.2, 0) is 0 Å². The van der Waals surface area contributed by atoms with Crippen LogP contribution in [-0.4, -0.2) is 13.1 Å². The average Bonchev–Trinajstić information content (AvgIpc) is 2.33. The van der Waals surface area contributed by atoms with Crippen LogP contribution in [0.4, 0.5) is 5.69 Å². The van der Waals surface area contributed by atoms with Gasteiger partial charge in [0.25, 0.3) is 0 Å². The third-order valence-corrected chi connectivity index (χ3v) is 2.84. The van der Waals surface area contributed by atoms with Crippen LogP contribution in [0.15, 0.2) is 18.2 Å². The second-order valence-electron chi connectivity index (χ2n) is 4.07. The Morgan fingerprint density at radius 1 is 1.00 bits per heavy atom. The van der Waals surface area contributed by atoms with Gasteiger partial charge in [-0.15, -0.1) is 0 Å². The number of aryl methyl sites for hydroxylation is 2. The van der Waals surface area contributed by atoms with Crippen molar-refractivity contribution < 1.29 is 0 Å². The summed E-state index contributed by atoms with van der Waals surface area (Å²) in [5, 5.41) is 17.3. The maximum absolute atomic E-state index is 8.64. The van der Waals surface area contributed by atoms with Gasteiger partial charge in [-0.2, -0.15) is 10.5 Å². The molecule has 0 aromatic heterocycles. The minimum atomic E-state index is 0.484. The summed E-state index contributed by atoms with van der Waals surface area (Å²) in [7, 11) is 0. The van der Waals surface area contributed by atoms with Gasteiger partial charge in [0.1, 0.15) is 0 Å². The van der Waals surface area contributed by atoms with Gasteiger partial charge < -0.3 is 4.90 Å². The van der Waals surface area contributed by atoms with Crippen LogP contribution in [0.1, 0.15) is 24.0 Å². The van der Waals surface area contributed by atoms with E-state index in [0.717, 1.165) is 5.69 Å². The number of nitrogens with zero attached hydrogens (tertiary/aromatic N) is 3. The van der Waals surface area contributed by atoms with E-state index in [2.05, 4.69) is 49.1 Å². The van der Waals surface area contributed by atoms with Crippen LogP contribution in [0.3, 0.4) is 0 Å². The molecule has 3 nitrogen and oxygen atoms in total. The first-order valence-electron chi connectivity index (χ1n) is 5.75. The first-order valence-corrected chi connectivity index (χ1v) is 5.75. The molecular formula is C14H17N3. The Morgan fingerprint density at radius 3 is 2.06 bits per heavy atom. The Hall–Kier alpha value is -2.00. The van der Waals surface area contributed by atoms with Crippen molar-refractivity contribution in [2.45, 2.75) is 26.7 Å². The van der Waals surface area contributed by atoms with Crippen molar-refractivity contribution in [2.24, 2.45) is 0 Å². The Morgan fingerprint density at radius 2 is 1.59 bits per heavy atom. The van der Waals surface area contributed by atoms with Crippen molar-refractivity contribution in [2.75, 3.05) is 18.0 Å². The highest BCUT2D eigenvalue weighted by atomic mass is 15.1. The molecule has 3 heteroatoms. The molecule has 0 spiro atoms. The minimum absolute atomic E-state index is 0.484.